The van der Waals surface area contributed by atoms with E-state index in [9.17, 15) is 0 Å². The molecule has 0 atom stereocenters. The molecule has 3 heteroatoms. The van der Waals surface area contributed by atoms with Crippen LogP contribution in [0.4, 0.5) is 0 Å². The largest absolute Gasteiger partial charge is 0.264 e. The fourth-order valence-corrected chi connectivity index (χ4v) is 3.28. The molecule has 0 N–H and O–H groups in total. The molecule has 0 unspecified atom stereocenters. The van der Waals surface area contributed by atoms with Crippen LogP contribution < -0.4 is 0 Å². The number of para-hydroxylation sites is 1. The van der Waals surface area contributed by atoms with E-state index in [1.54, 1.807) is 0 Å². The van der Waals surface area contributed by atoms with E-state index in [2.05, 4.69) is 67.6 Å². The Morgan fingerprint density at radius 2 is 1.54 bits per heavy atom. The molecule has 2 nitrogen and oxygen atoms in total. The molecule has 4 aromatic rings. The van der Waals surface area contributed by atoms with Crippen LogP contribution in [-0.4, -0.2) is 9.78 Å². The van der Waals surface area contributed by atoms with Gasteiger partial charge in [0.1, 0.15) is 0 Å². The molecule has 26 heavy (non-hydrogen) atoms. The zero-order valence-electron chi connectivity index (χ0n) is 14.7. The third-order valence-corrected chi connectivity index (χ3v) is 4.50. The number of benzene rings is 3. The normalized spacial score (nSPS) is 10.4. The van der Waals surface area contributed by atoms with Gasteiger partial charge in [-0.05, 0) is 25.1 Å². The molecule has 4 rings (SSSR count). The smallest absolute Gasteiger partial charge is 0.0571 e. The number of hydrogen-bond donors (Lipinski definition) is 0. The van der Waals surface area contributed by atoms with Crippen molar-refractivity contribution in [3.63, 3.8) is 0 Å². The molecule has 3 aromatic carbocycles. The van der Waals surface area contributed by atoms with Gasteiger partial charge in [-0.3, -0.25) is 4.68 Å². The van der Waals surface area contributed by atoms with E-state index >= 15 is 0 Å². The second kappa shape index (κ2) is 7.82. The maximum atomic E-state index is 4.59. The number of hydrogen-bond acceptors (Lipinski definition) is 1. The van der Waals surface area contributed by atoms with Gasteiger partial charge in [0.05, 0.1) is 6.20 Å². The molecule has 0 saturated heterocycles. The Balaban J connectivity index is 0.00000196. The van der Waals surface area contributed by atoms with E-state index in [0.717, 1.165) is 16.8 Å². The van der Waals surface area contributed by atoms with Crippen LogP contribution in [-0.2, 0) is 20.1 Å². The number of aryl methyl sites for hydroxylation is 2. The van der Waals surface area contributed by atoms with Gasteiger partial charge < -0.3 is 0 Å². The van der Waals surface area contributed by atoms with Crippen molar-refractivity contribution in [2.24, 2.45) is 0 Å². The molecular formula is C23H19IrN2-. The molecule has 0 aliphatic rings. The Morgan fingerprint density at radius 1 is 0.808 bits per heavy atom. The molecule has 0 saturated carbocycles. The summed E-state index contributed by atoms with van der Waals surface area (Å²) in [5.41, 5.74) is 8.17. The van der Waals surface area contributed by atoms with Crippen molar-refractivity contribution in [1.29, 1.82) is 0 Å². The second-order valence-electron chi connectivity index (χ2n) is 6.24. The van der Waals surface area contributed by atoms with Gasteiger partial charge in [-0.25, -0.2) is 0 Å². The Hall–Kier alpha value is -2.48. The maximum absolute atomic E-state index is 4.59. The van der Waals surface area contributed by atoms with Gasteiger partial charge in [-0.15, -0.1) is 5.56 Å². The number of rotatable bonds is 3. The van der Waals surface area contributed by atoms with Gasteiger partial charge in [0.15, 0.2) is 0 Å². The molecule has 0 spiro atoms. The van der Waals surface area contributed by atoms with Crippen LogP contribution in [0.2, 0.25) is 0 Å². The Labute approximate surface area is 167 Å². The first-order chi connectivity index (χ1) is 12.2. The van der Waals surface area contributed by atoms with Crippen molar-refractivity contribution in [3.05, 3.63) is 96.3 Å². The Bertz CT molecular complexity index is 999. The van der Waals surface area contributed by atoms with Crippen molar-refractivity contribution < 1.29 is 20.1 Å². The van der Waals surface area contributed by atoms with Gasteiger partial charge in [-0.1, -0.05) is 65.2 Å². The Kier molecular flexibility index (Phi) is 5.51. The van der Waals surface area contributed by atoms with E-state index in [-0.39, 0.29) is 20.1 Å². The summed E-state index contributed by atoms with van der Waals surface area (Å²) in [5, 5.41) is 4.59. The summed E-state index contributed by atoms with van der Waals surface area (Å²) >= 11 is 0. The zero-order chi connectivity index (χ0) is 17.2. The van der Waals surface area contributed by atoms with E-state index in [1.165, 1.54) is 22.3 Å². The number of nitrogens with zero attached hydrogens (tertiary/aromatic N) is 2. The average Bonchev–Trinajstić information content (AvgIpc) is 3.13. The topological polar surface area (TPSA) is 17.8 Å². The van der Waals surface area contributed by atoms with Crippen molar-refractivity contribution in [2.45, 2.75) is 13.8 Å². The third-order valence-electron chi connectivity index (χ3n) is 4.50. The molecule has 0 amide bonds. The first kappa shape index (κ1) is 18.3. The van der Waals surface area contributed by atoms with Crippen LogP contribution in [0.15, 0.2) is 79.1 Å². The first-order valence-corrected chi connectivity index (χ1v) is 8.42. The molecule has 131 valence electrons. The summed E-state index contributed by atoms with van der Waals surface area (Å²) in [6, 6.07) is 26.2. The summed E-state index contributed by atoms with van der Waals surface area (Å²) in [4.78, 5) is 0. The standard InChI is InChI=1S/C23H19N2.Ir/c1-17-9-8-10-18(2)23(17)21-13-6-7-14-22(21)25-16-20(15-24-25)19-11-4-3-5-12-19;/h3-13,15-16H,1-2H3;/q-1;. The second-order valence-corrected chi connectivity index (χ2v) is 6.24. The molecule has 0 aliphatic heterocycles. The van der Waals surface area contributed by atoms with Crippen LogP contribution >= 0.6 is 0 Å². The van der Waals surface area contributed by atoms with Gasteiger partial charge in [0, 0.05) is 31.9 Å². The van der Waals surface area contributed by atoms with E-state index in [0.29, 0.717) is 0 Å². The van der Waals surface area contributed by atoms with Crippen LogP contribution in [0, 0.1) is 19.9 Å². The minimum absolute atomic E-state index is 0. The molecule has 0 aliphatic carbocycles. The third kappa shape index (κ3) is 3.41. The molecule has 1 radical (unpaired) electrons. The molecule has 1 aromatic heterocycles. The summed E-state index contributed by atoms with van der Waals surface area (Å²) in [7, 11) is 0. The predicted octanol–water partition coefficient (Wildman–Crippen LogP) is 5.62. The van der Waals surface area contributed by atoms with Gasteiger partial charge in [-0.2, -0.15) is 29.4 Å². The van der Waals surface area contributed by atoms with Crippen LogP contribution in [0.25, 0.3) is 27.9 Å². The molecule has 0 fully saturated rings. The van der Waals surface area contributed by atoms with Gasteiger partial charge in [0.25, 0.3) is 0 Å². The molecule has 1 heterocycles. The quantitative estimate of drug-likeness (QED) is 0.324. The van der Waals surface area contributed by atoms with E-state index in [1.807, 2.05) is 41.2 Å². The van der Waals surface area contributed by atoms with Crippen molar-refractivity contribution >= 4 is 0 Å². The van der Waals surface area contributed by atoms with Crippen molar-refractivity contribution in [2.75, 3.05) is 0 Å². The Morgan fingerprint density at radius 3 is 2.27 bits per heavy atom. The van der Waals surface area contributed by atoms with Crippen molar-refractivity contribution in [3.8, 4) is 27.9 Å². The fourth-order valence-electron chi connectivity index (χ4n) is 3.28. The average molecular weight is 516 g/mol. The minimum atomic E-state index is 0. The van der Waals surface area contributed by atoms with Gasteiger partial charge in [0.2, 0.25) is 0 Å². The van der Waals surface area contributed by atoms with Crippen LogP contribution in [0.1, 0.15) is 11.1 Å². The summed E-state index contributed by atoms with van der Waals surface area (Å²) < 4.78 is 1.92. The van der Waals surface area contributed by atoms with Gasteiger partial charge >= 0.3 is 0 Å². The molecule has 0 bridgehead atoms. The summed E-state index contributed by atoms with van der Waals surface area (Å²) in [6.45, 7) is 4.30. The molecular weight excluding hydrogens is 496 g/mol. The number of aromatic nitrogens is 2. The maximum Gasteiger partial charge on any atom is 0.0571 e. The van der Waals surface area contributed by atoms with Crippen molar-refractivity contribution in [1.82, 2.24) is 9.78 Å². The SMILES string of the molecule is Cc1cccc(C)c1-c1ccc[c-]c1-n1cc(-c2ccccc2)cn1.[Ir]. The summed E-state index contributed by atoms with van der Waals surface area (Å²) in [6.07, 6.45) is 3.98. The minimum Gasteiger partial charge on any atom is -0.264 e. The predicted molar refractivity (Wildman–Crippen MR) is 103 cm³/mol. The van der Waals surface area contributed by atoms with Crippen LogP contribution in [0.3, 0.4) is 0 Å². The monoisotopic (exact) mass is 516 g/mol. The van der Waals surface area contributed by atoms with E-state index in [4.69, 9.17) is 0 Å². The fraction of sp³-hybridized carbons (Fsp3) is 0.0870. The van der Waals surface area contributed by atoms with E-state index < -0.39 is 0 Å². The van der Waals surface area contributed by atoms with Crippen LogP contribution in [0.5, 0.6) is 0 Å². The zero-order valence-corrected chi connectivity index (χ0v) is 17.1. The first-order valence-electron chi connectivity index (χ1n) is 8.42. The summed E-state index contributed by atoms with van der Waals surface area (Å²) in [5.74, 6) is 0.